The van der Waals surface area contributed by atoms with Crippen LogP contribution in [0.25, 0.3) is 76.9 Å². The standard InChI is InChI=1S/C57H35NO/c1-3-17-36(18-4-1)37-33-52(55-53(34-37)59-56-47-27-10-8-22-41(47)40-21-7-9-26-46(40)54(55)56)58(38-19-5-2-6-20-38)39-31-32-45-44-25-13-16-30-50(44)57(51(45)35-39)48-28-14-11-23-42(48)43-24-12-15-29-49(43)57/h1-35H. The first-order valence-electron chi connectivity index (χ1n) is 20.4. The maximum Gasteiger partial charge on any atom is 0.143 e. The summed E-state index contributed by atoms with van der Waals surface area (Å²) in [6.07, 6.45) is 0. The molecule has 0 bridgehead atoms. The third-order valence-corrected chi connectivity index (χ3v) is 13.0. The van der Waals surface area contributed by atoms with E-state index in [4.69, 9.17) is 4.42 Å². The molecule has 13 rings (SSSR count). The van der Waals surface area contributed by atoms with Gasteiger partial charge in [-0.25, -0.2) is 0 Å². The number of fused-ring (bicyclic) bond motifs is 18. The Bertz CT molecular complexity index is 3440. The van der Waals surface area contributed by atoms with Gasteiger partial charge in [-0.2, -0.15) is 0 Å². The predicted octanol–water partition coefficient (Wildman–Crippen LogP) is 15.4. The van der Waals surface area contributed by atoms with Crippen LogP contribution in [-0.2, 0) is 5.41 Å². The van der Waals surface area contributed by atoms with Crippen LogP contribution < -0.4 is 4.90 Å². The minimum Gasteiger partial charge on any atom is -0.455 e. The molecule has 11 aromatic rings. The van der Waals surface area contributed by atoms with Crippen LogP contribution in [0.1, 0.15) is 22.3 Å². The lowest BCUT2D eigenvalue weighted by Crippen LogP contribution is -2.26. The molecule has 0 saturated heterocycles. The van der Waals surface area contributed by atoms with Crippen molar-refractivity contribution in [2.75, 3.05) is 4.90 Å². The van der Waals surface area contributed by atoms with Crippen LogP contribution in [-0.4, -0.2) is 0 Å². The Kier molecular flexibility index (Phi) is 6.68. The van der Waals surface area contributed by atoms with Gasteiger partial charge in [0.25, 0.3) is 0 Å². The number of rotatable bonds is 4. The van der Waals surface area contributed by atoms with Crippen molar-refractivity contribution in [1.29, 1.82) is 0 Å². The summed E-state index contributed by atoms with van der Waals surface area (Å²) >= 11 is 0. The fourth-order valence-electron chi connectivity index (χ4n) is 10.7. The molecule has 0 radical (unpaired) electrons. The second-order valence-corrected chi connectivity index (χ2v) is 15.9. The van der Waals surface area contributed by atoms with Gasteiger partial charge in [0.05, 0.1) is 16.5 Å². The Hall–Kier alpha value is -7.68. The zero-order valence-electron chi connectivity index (χ0n) is 32.1. The minimum atomic E-state index is -0.462. The molecule has 0 saturated carbocycles. The highest BCUT2D eigenvalue weighted by Gasteiger charge is 2.51. The molecule has 0 N–H and O–H groups in total. The van der Waals surface area contributed by atoms with Crippen molar-refractivity contribution in [3.05, 3.63) is 235 Å². The van der Waals surface area contributed by atoms with E-state index in [1.54, 1.807) is 0 Å². The van der Waals surface area contributed by atoms with E-state index in [9.17, 15) is 0 Å². The van der Waals surface area contributed by atoms with E-state index in [1.807, 2.05) is 0 Å². The highest BCUT2D eigenvalue weighted by atomic mass is 16.3. The van der Waals surface area contributed by atoms with Crippen molar-refractivity contribution >= 4 is 60.5 Å². The molecule has 2 heteroatoms. The van der Waals surface area contributed by atoms with Gasteiger partial charge in [0.15, 0.2) is 0 Å². The van der Waals surface area contributed by atoms with E-state index in [0.717, 1.165) is 55.5 Å². The van der Waals surface area contributed by atoms with Gasteiger partial charge in [0, 0.05) is 22.1 Å². The third-order valence-electron chi connectivity index (χ3n) is 13.0. The van der Waals surface area contributed by atoms with Crippen LogP contribution in [0, 0.1) is 0 Å². The number of hydrogen-bond acceptors (Lipinski definition) is 2. The molecule has 2 aliphatic carbocycles. The summed E-state index contributed by atoms with van der Waals surface area (Å²) in [7, 11) is 0. The molecule has 1 heterocycles. The minimum absolute atomic E-state index is 0.462. The van der Waals surface area contributed by atoms with Crippen molar-refractivity contribution < 1.29 is 4.42 Å². The smallest absolute Gasteiger partial charge is 0.143 e. The average molecular weight is 750 g/mol. The maximum atomic E-state index is 7.14. The Morgan fingerprint density at radius 1 is 0.339 bits per heavy atom. The highest BCUT2D eigenvalue weighted by Crippen LogP contribution is 2.63. The van der Waals surface area contributed by atoms with Crippen molar-refractivity contribution in [2.45, 2.75) is 5.41 Å². The van der Waals surface area contributed by atoms with Gasteiger partial charge in [-0.1, -0.05) is 176 Å². The Balaban J connectivity index is 1.17. The number of furan rings is 1. The lowest BCUT2D eigenvalue weighted by atomic mass is 9.70. The molecule has 10 aromatic carbocycles. The number of hydrogen-bond donors (Lipinski definition) is 0. The average Bonchev–Trinajstić information content (AvgIpc) is 3.95. The highest BCUT2D eigenvalue weighted by molar-refractivity contribution is 6.32. The summed E-state index contributed by atoms with van der Waals surface area (Å²) in [4.78, 5) is 2.47. The van der Waals surface area contributed by atoms with Crippen molar-refractivity contribution in [3.63, 3.8) is 0 Å². The van der Waals surface area contributed by atoms with Crippen LogP contribution in [0.3, 0.4) is 0 Å². The SMILES string of the molecule is c1ccc(-c2cc(N(c3ccccc3)c3ccc4c(c3)C3(c5ccccc5-c5ccccc53)c3ccccc3-4)c3c(c2)oc2c4ccccc4c4ccccc4c23)cc1. The lowest BCUT2D eigenvalue weighted by molar-refractivity contribution is 0.673. The number of benzene rings is 10. The van der Waals surface area contributed by atoms with E-state index >= 15 is 0 Å². The molecule has 0 unspecified atom stereocenters. The first-order valence-corrected chi connectivity index (χ1v) is 20.4. The molecular weight excluding hydrogens is 715 g/mol. The topological polar surface area (TPSA) is 16.4 Å². The fourth-order valence-corrected chi connectivity index (χ4v) is 10.7. The molecule has 1 aromatic heterocycles. The third kappa shape index (κ3) is 4.35. The molecule has 2 nitrogen and oxygen atoms in total. The molecule has 0 amide bonds. The van der Waals surface area contributed by atoms with Gasteiger partial charge in [-0.15, -0.1) is 0 Å². The largest absolute Gasteiger partial charge is 0.455 e. The zero-order chi connectivity index (χ0) is 38.7. The lowest BCUT2D eigenvalue weighted by Gasteiger charge is -2.32. The van der Waals surface area contributed by atoms with Gasteiger partial charge in [-0.05, 0) is 108 Å². The summed E-state index contributed by atoms with van der Waals surface area (Å²) in [5.74, 6) is 0. The maximum absolute atomic E-state index is 7.14. The van der Waals surface area contributed by atoms with Gasteiger partial charge in [0.1, 0.15) is 11.2 Å². The second kappa shape index (κ2) is 12.2. The zero-order valence-corrected chi connectivity index (χ0v) is 32.1. The molecule has 0 fully saturated rings. The molecule has 0 atom stereocenters. The van der Waals surface area contributed by atoms with Gasteiger partial charge in [0.2, 0.25) is 0 Å². The van der Waals surface area contributed by atoms with Gasteiger partial charge < -0.3 is 9.32 Å². The number of para-hydroxylation sites is 1. The van der Waals surface area contributed by atoms with Crippen LogP contribution >= 0.6 is 0 Å². The Labute approximate surface area is 341 Å². The van der Waals surface area contributed by atoms with Gasteiger partial charge in [-0.3, -0.25) is 0 Å². The van der Waals surface area contributed by atoms with Crippen molar-refractivity contribution in [3.8, 4) is 33.4 Å². The molecule has 274 valence electrons. The quantitative estimate of drug-likeness (QED) is 0.167. The fraction of sp³-hybridized carbons (Fsp3) is 0.0175. The summed E-state index contributed by atoms with van der Waals surface area (Å²) < 4.78 is 7.14. The first kappa shape index (κ1) is 32.4. The van der Waals surface area contributed by atoms with Crippen LogP contribution in [0.2, 0.25) is 0 Å². The predicted molar refractivity (Wildman–Crippen MR) is 245 cm³/mol. The van der Waals surface area contributed by atoms with Crippen LogP contribution in [0.5, 0.6) is 0 Å². The monoisotopic (exact) mass is 749 g/mol. The summed E-state index contributed by atoms with van der Waals surface area (Å²) in [5.41, 5.74) is 17.3. The van der Waals surface area contributed by atoms with E-state index in [2.05, 4.69) is 217 Å². The van der Waals surface area contributed by atoms with E-state index in [1.165, 1.54) is 60.7 Å². The van der Waals surface area contributed by atoms with E-state index < -0.39 is 5.41 Å². The van der Waals surface area contributed by atoms with Crippen LogP contribution in [0.4, 0.5) is 17.1 Å². The van der Waals surface area contributed by atoms with Crippen molar-refractivity contribution in [2.24, 2.45) is 0 Å². The van der Waals surface area contributed by atoms with Crippen molar-refractivity contribution in [1.82, 2.24) is 0 Å². The number of nitrogens with zero attached hydrogens (tertiary/aromatic N) is 1. The molecule has 2 aliphatic rings. The molecule has 1 spiro atoms. The second-order valence-electron chi connectivity index (χ2n) is 15.9. The molecule has 0 aliphatic heterocycles. The summed E-state index contributed by atoms with van der Waals surface area (Å²) in [6.45, 7) is 0. The Morgan fingerprint density at radius 2 is 0.847 bits per heavy atom. The molecular formula is C57H35NO. The van der Waals surface area contributed by atoms with E-state index in [0.29, 0.717) is 0 Å². The Morgan fingerprint density at radius 3 is 1.49 bits per heavy atom. The van der Waals surface area contributed by atoms with E-state index in [-0.39, 0.29) is 0 Å². The first-order chi connectivity index (χ1) is 29.3. The van der Waals surface area contributed by atoms with Gasteiger partial charge >= 0.3 is 0 Å². The van der Waals surface area contributed by atoms with Crippen LogP contribution in [0.15, 0.2) is 217 Å². The summed E-state index contributed by atoms with van der Waals surface area (Å²) in [6, 6.07) is 77.9. The normalized spacial score (nSPS) is 13.2. The summed E-state index contributed by atoms with van der Waals surface area (Å²) in [5, 5.41) is 6.95. The number of anilines is 3. The molecule has 59 heavy (non-hydrogen) atoms.